The molecule has 20 heavy (non-hydrogen) atoms. The Hall–Kier alpha value is -0.910. The first-order valence-electron chi connectivity index (χ1n) is 7.19. The van der Waals surface area contributed by atoms with Crippen molar-refractivity contribution in [2.75, 3.05) is 0 Å². The summed E-state index contributed by atoms with van der Waals surface area (Å²) in [6, 6.07) is 7.51. The van der Waals surface area contributed by atoms with Gasteiger partial charge in [0.1, 0.15) is 0 Å². The predicted molar refractivity (Wildman–Crippen MR) is 81.4 cm³/mol. The van der Waals surface area contributed by atoms with E-state index >= 15 is 0 Å². The molecule has 5 heteroatoms. The molecule has 2 rings (SSSR count). The van der Waals surface area contributed by atoms with Gasteiger partial charge in [0, 0.05) is 12.6 Å². The topological polar surface area (TPSA) is 72.2 Å². The lowest BCUT2D eigenvalue weighted by Gasteiger charge is -2.19. The van der Waals surface area contributed by atoms with Crippen LogP contribution in [0.1, 0.15) is 37.8 Å². The lowest BCUT2D eigenvalue weighted by molar-refractivity contribution is 0.402. The Morgan fingerprint density at radius 3 is 2.25 bits per heavy atom. The van der Waals surface area contributed by atoms with Crippen LogP contribution in [0.25, 0.3) is 0 Å². The molecule has 3 unspecified atom stereocenters. The van der Waals surface area contributed by atoms with Gasteiger partial charge in [0.05, 0.1) is 5.75 Å². The lowest BCUT2D eigenvalue weighted by atomic mass is 9.98. The summed E-state index contributed by atoms with van der Waals surface area (Å²) < 4.78 is 27.3. The van der Waals surface area contributed by atoms with E-state index in [4.69, 9.17) is 5.73 Å². The van der Waals surface area contributed by atoms with Crippen molar-refractivity contribution in [1.29, 1.82) is 0 Å². The molecule has 0 bridgehead atoms. The summed E-state index contributed by atoms with van der Waals surface area (Å²) in [6.45, 7) is 4.79. The van der Waals surface area contributed by atoms with Gasteiger partial charge in [0.15, 0.2) is 0 Å². The molecule has 0 spiro atoms. The van der Waals surface area contributed by atoms with E-state index in [0.717, 1.165) is 24.0 Å². The molecule has 0 amide bonds. The highest BCUT2D eigenvalue weighted by Gasteiger charge is 2.32. The van der Waals surface area contributed by atoms with Gasteiger partial charge in [0.25, 0.3) is 0 Å². The molecule has 112 valence electrons. The molecule has 0 saturated heterocycles. The average Bonchev–Trinajstić information content (AvgIpc) is 2.71. The van der Waals surface area contributed by atoms with Gasteiger partial charge in [0.2, 0.25) is 10.0 Å². The fourth-order valence-electron chi connectivity index (χ4n) is 2.79. The maximum Gasteiger partial charge on any atom is 0.216 e. The number of nitrogens with two attached hydrogens (primary N) is 1. The molecule has 4 nitrogen and oxygen atoms in total. The highest BCUT2D eigenvalue weighted by Crippen LogP contribution is 2.31. The molecule has 1 aromatic carbocycles. The first kappa shape index (κ1) is 15.5. The van der Waals surface area contributed by atoms with Gasteiger partial charge in [-0.25, -0.2) is 13.1 Å². The molecule has 1 aliphatic carbocycles. The molecule has 0 radical (unpaired) electrons. The Morgan fingerprint density at radius 1 is 1.15 bits per heavy atom. The van der Waals surface area contributed by atoms with Gasteiger partial charge >= 0.3 is 0 Å². The van der Waals surface area contributed by atoms with Crippen LogP contribution in [0.15, 0.2) is 24.3 Å². The van der Waals surface area contributed by atoms with Crippen LogP contribution in [-0.4, -0.2) is 14.5 Å². The van der Waals surface area contributed by atoms with Crippen molar-refractivity contribution in [1.82, 2.24) is 4.72 Å². The fraction of sp³-hybridized carbons (Fsp3) is 0.600. The summed E-state index contributed by atoms with van der Waals surface area (Å²) in [5, 5.41) is 0. The Morgan fingerprint density at radius 2 is 1.75 bits per heavy atom. The van der Waals surface area contributed by atoms with Crippen LogP contribution in [-0.2, 0) is 22.3 Å². The van der Waals surface area contributed by atoms with Gasteiger partial charge < -0.3 is 5.73 Å². The molecule has 1 saturated carbocycles. The summed E-state index contributed by atoms with van der Waals surface area (Å²) in [5.74, 6) is 1.03. The Balaban J connectivity index is 2.00. The maximum absolute atomic E-state index is 12.2. The third-order valence-corrected chi connectivity index (χ3v) is 5.79. The maximum atomic E-state index is 12.2. The molecule has 1 aliphatic rings. The first-order valence-corrected chi connectivity index (χ1v) is 8.84. The van der Waals surface area contributed by atoms with Crippen molar-refractivity contribution in [2.45, 2.75) is 45.0 Å². The molecule has 1 aromatic rings. The van der Waals surface area contributed by atoms with Crippen molar-refractivity contribution in [3.05, 3.63) is 35.4 Å². The van der Waals surface area contributed by atoms with E-state index in [2.05, 4.69) is 18.6 Å². The monoisotopic (exact) mass is 296 g/mol. The largest absolute Gasteiger partial charge is 0.326 e. The molecular formula is C15H24N2O2S. The quantitative estimate of drug-likeness (QED) is 0.873. The third-order valence-electron chi connectivity index (χ3n) is 4.41. The smallest absolute Gasteiger partial charge is 0.216 e. The zero-order valence-electron chi connectivity index (χ0n) is 12.2. The van der Waals surface area contributed by atoms with Crippen LogP contribution in [0.2, 0.25) is 0 Å². The Bertz CT molecular complexity index is 539. The molecule has 0 aliphatic heterocycles. The van der Waals surface area contributed by atoms with Crippen molar-refractivity contribution < 1.29 is 8.42 Å². The molecule has 3 N–H and O–H groups in total. The summed E-state index contributed by atoms with van der Waals surface area (Å²) in [6.07, 6.45) is 2.03. The number of benzene rings is 1. The van der Waals surface area contributed by atoms with E-state index in [9.17, 15) is 8.42 Å². The fourth-order valence-corrected chi connectivity index (χ4v) is 4.30. The van der Waals surface area contributed by atoms with Crippen LogP contribution in [0.5, 0.6) is 0 Å². The second kappa shape index (κ2) is 6.24. The highest BCUT2D eigenvalue weighted by atomic mass is 32.2. The SMILES string of the molecule is CC1CCC(NS(=O)(=O)Cc2ccc(CN)cc2)C1C. The zero-order valence-corrected chi connectivity index (χ0v) is 13.0. The van der Waals surface area contributed by atoms with Gasteiger partial charge in [-0.05, 0) is 35.8 Å². The minimum atomic E-state index is -3.28. The van der Waals surface area contributed by atoms with E-state index in [0.29, 0.717) is 18.4 Å². The zero-order chi connectivity index (χ0) is 14.8. The first-order chi connectivity index (χ1) is 9.41. The minimum Gasteiger partial charge on any atom is -0.326 e. The van der Waals surface area contributed by atoms with E-state index in [1.807, 2.05) is 24.3 Å². The number of sulfonamides is 1. The lowest BCUT2D eigenvalue weighted by Crippen LogP contribution is -2.38. The summed E-state index contributed by atoms with van der Waals surface area (Å²) in [7, 11) is -3.28. The van der Waals surface area contributed by atoms with Crippen molar-refractivity contribution >= 4 is 10.0 Å². The normalized spacial score (nSPS) is 26.9. The van der Waals surface area contributed by atoms with Crippen LogP contribution < -0.4 is 10.5 Å². The summed E-state index contributed by atoms with van der Waals surface area (Å²) >= 11 is 0. The van der Waals surface area contributed by atoms with E-state index in [1.54, 1.807) is 0 Å². The van der Waals surface area contributed by atoms with Gasteiger partial charge in [-0.15, -0.1) is 0 Å². The van der Waals surface area contributed by atoms with Crippen molar-refractivity contribution in [3.8, 4) is 0 Å². The van der Waals surface area contributed by atoms with Crippen LogP contribution >= 0.6 is 0 Å². The van der Waals surface area contributed by atoms with E-state index in [1.165, 1.54) is 0 Å². The number of hydrogen-bond acceptors (Lipinski definition) is 3. The molecular weight excluding hydrogens is 272 g/mol. The van der Waals surface area contributed by atoms with Crippen LogP contribution in [0.3, 0.4) is 0 Å². The second-order valence-corrected chi connectivity index (χ2v) is 7.67. The van der Waals surface area contributed by atoms with Crippen LogP contribution in [0, 0.1) is 11.8 Å². The summed E-state index contributed by atoms with van der Waals surface area (Å²) in [5.41, 5.74) is 7.34. The predicted octanol–water partition coefficient (Wildman–Crippen LogP) is 2.00. The van der Waals surface area contributed by atoms with Crippen molar-refractivity contribution in [2.24, 2.45) is 17.6 Å². The average molecular weight is 296 g/mol. The van der Waals surface area contributed by atoms with Gasteiger partial charge in [-0.2, -0.15) is 0 Å². The van der Waals surface area contributed by atoms with Crippen molar-refractivity contribution in [3.63, 3.8) is 0 Å². The third kappa shape index (κ3) is 3.81. The van der Waals surface area contributed by atoms with Crippen LogP contribution in [0.4, 0.5) is 0 Å². The molecule has 3 atom stereocenters. The van der Waals surface area contributed by atoms with Gasteiger partial charge in [-0.3, -0.25) is 0 Å². The standard InChI is InChI=1S/C15H24N2O2S/c1-11-3-8-15(12(11)2)17-20(18,19)10-14-6-4-13(9-16)5-7-14/h4-7,11-12,15,17H,3,8-10,16H2,1-2H3. The number of hydrogen-bond donors (Lipinski definition) is 2. The minimum absolute atomic E-state index is 0.0372. The van der Waals surface area contributed by atoms with E-state index in [-0.39, 0.29) is 11.8 Å². The highest BCUT2D eigenvalue weighted by molar-refractivity contribution is 7.88. The van der Waals surface area contributed by atoms with E-state index < -0.39 is 10.0 Å². The van der Waals surface area contributed by atoms with Gasteiger partial charge in [-0.1, -0.05) is 38.1 Å². The second-order valence-electron chi connectivity index (χ2n) is 5.92. The summed E-state index contributed by atoms with van der Waals surface area (Å²) in [4.78, 5) is 0. The Kier molecular flexibility index (Phi) is 4.83. The molecule has 0 heterocycles. The number of rotatable bonds is 5. The Labute approximate surface area is 121 Å². The molecule has 1 fully saturated rings. The molecule has 0 aromatic heterocycles. The number of nitrogens with one attached hydrogen (secondary N) is 1.